The van der Waals surface area contributed by atoms with E-state index in [0.29, 0.717) is 5.56 Å². The SMILES string of the molecule is CCCC[C@H]1CC[C@H](CCc2ccc(-c3ccc(C#N)c(F)c3F)cc2)CC1. The van der Waals surface area contributed by atoms with Crippen LogP contribution in [0.25, 0.3) is 11.1 Å². The van der Waals surface area contributed by atoms with Gasteiger partial charge in [0.05, 0.1) is 5.56 Å². The molecule has 0 aromatic heterocycles. The van der Waals surface area contributed by atoms with E-state index in [4.69, 9.17) is 5.26 Å². The predicted molar refractivity (Wildman–Crippen MR) is 110 cm³/mol. The van der Waals surface area contributed by atoms with E-state index in [1.807, 2.05) is 24.3 Å². The molecular formula is C25H29F2N. The smallest absolute Gasteiger partial charge is 0.177 e. The Labute approximate surface area is 167 Å². The number of unbranched alkanes of at least 4 members (excludes halogenated alkanes) is 1. The normalized spacial score (nSPS) is 19.4. The lowest BCUT2D eigenvalue weighted by Gasteiger charge is -2.28. The molecule has 0 aliphatic heterocycles. The summed E-state index contributed by atoms with van der Waals surface area (Å²) < 4.78 is 28.1. The number of halogens is 2. The summed E-state index contributed by atoms with van der Waals surface area (Å²) in [6, 6.07) is 12.2. The first-order valence-electron chi connectivity index (χ1n) is 10.6. The number of nitriles is 1. The van der Waals surface area contributed by atoms with Crippen LogP contribution in [0.1, 0.15) is 69.4 Å². The third kappa shape index (κ3) is 4.98. The molecule has 1 aliphatic rings. The van der Waals surface area contributed by atoms with Crippen molar-refractivity contribution in [2.24, 2.45) is 11.8 Å². The molecule has 0 atom stereocenters. The van der Waals surface area contributed by atoms with E-state index < -0.39 is 11.6 Å². The molecule has 3 heteroatoms. The fourth-order valence-electron chi connectivity index (χ4n) is 4.38. The number of hydrogen-bond acceptors (Lipinski definition) is 1. The quantitative estimate of drug-likeness (QED) is 0.489. The van der Waals surface area contributed by atoms with E-state index in [9.17, 15) is 8.78 Å². The first kappa shape index (κ1) is 20.5. The molecule has 0 bridgehead atoms. The van der Waals surface area contributed by atoms with Crippen molar-refractivity contribution in [2.75, 3.05) is 0 Å². The molecule has 0 amide bonds. The van der Waals surface area contributed by atoms with E-state index in [2.05, 4.69) is 6.92 Å². The lowest BCUT2D eigenvalue weighted by Crippen LogP contribution is -2.15. The average molecular weight is 382 g/mol. The highest BCUT2D eigenvalue weighted by molar-refractivity contribution is 5.65. The Balaban J connectivity index is 1.55. The molecule has 1 nitrogen and oxygen atoms in total. The van der Waals surface area contributed by atoms with Crippen LogP contribution < -0.4 is 0 Å². The minimum atomic E-state index is -1.07. The minimum Gasteiger partial charge on any atom is -0.203 e. The third-order valence-corrected chi connectivity index (χ3v) is 6.24. The lowest BCUT2D eigenvalue weighted by molar-refractivity contribution is 0.250. The summed E-state index contributed by atoms with van der Waals surface area (Å²) in [7, 11) is 0. The van der Waals surface area contributed by atoms with Gasteiger partial charge in [0.2, 0.25) is 0 Å². The van der Waals surface area contributed by atoms with Gasteiger partial charge < -0.3 is 0 Å². The van der Waals surface area contributed by atoms with Crippen LogP contribution in [-0.2, 0) is 6.42 Å². The molecule has 1 aliphatic carbocycles. The van der Waals surface area contributed by atoms with Gasteiger partial charge in [0, 0.05) is 5.56 Å². The largest absolute Gasteiger partial charge is 0.203 e. The van der Waals surface area contributed by atoms with E-state index in [0.717, 1.165) is 18.3 Å². The van der Waals surface area contributed by atoms with Crippen molar-refractivity contribution >= 4 is 0 Å². The van der Waals surface area contributed by atoms with Crippen LogP contribution in [-0.4, -0.2) is 0 Å². The zero-order valence-electron chi connectivity index (χ0n) is 16.7. The Kier molecular flexibility index (Phi) is 7.20. The highest BCUT2D eigenvalue weighted by atomic mass is 19.2. The number of nitrogens with zero attached hydrogens (tertiary/aromatic N) is 1. The molecule has 1 saturated carbocycles. The zero-order chi connectivity index (χ0) is 19.9. The maximum Gasteiger partial charge on any atom is 0.177 e. The lowest BCUT2D eigenvalue weighted by atomic mass is 9.78. The second-order valence-corrected chi connectivity index (χ2v) is 8.17. The summed E-state index contributed by atoms with van der Waals surface area (Å²) in [5, 5.41) is 8.80. The maximum atomic E-state index is 14.2. The highest BCUT2D eigenvalue weighted by Crippen LogP contribution is 2.34. The van der Waals surface area contributed by atoms with E-state index in [-0.39, 0.29) is 11.1 Å². The Hall–Kier alpha value is -2.21. The van der Waals surface area contributed by atoms with Crippen molar-refractivity contribution in [1.29, 1.82) is 5.26 Å². The van der Waals surface area contributed by atoms with Gasteiger partial charge in [-0.2, -0.15) is 5.26 Å². The van der Waals surface area contributed by atoms with E-state index in [1.165, 1.54) is 69.1 Å². The van der Waals surface area contributed by atoms with Crippen LogP contribution in [0.2, 0.25) is 0 Å². The van der Waals surface area contributed by atoms with Crippen LogP contribution in [0.3, 0.4) is 0 Å². The van der Waals surface area contributed by atoms with Crippen molar-refractivity contribution < 1.29 is 8.78 Å². The standard InChI is InChI=1S/C25H29F2N/c1-2-3-4-18-5-7-19(8-6-18)9-10-20-11-13-21(14-12-20)23-16-15-22(17-28)24(26)25(23)27/h11-16,18-19H,2-10H2,1H3/t18-,19-. The zero-order valence-corrected chi connectivity index (χ0v) is 16.7. The van der Waals surface area contributed by atoms with Crippen LogP contribution in [0, 0.1) is 34.8 Å². The molecule has 0 unspecified atom stereocenters. The van der Waals surface area contributed by atoms with Crippen LogP contribution in [0.5, 0.6) is 0 Å². The number of benzene rings is 2. The number of rotatable bonds is 7. The summed E-state index contributed by atoms with van der Waals surface area (Å²) in [6.07, 6.45) is 11.8. The van der Waals surface area contributed by atoms with Gasteiger partial charge in [-0.25, -0.2) is 8.78 Å². The number of hydrogen-bond donors (Lipinski definition) is 0. The molecule has 0 N–H and O–H groups in total. The monoisotopic (exact) mass is 381 g/mol. The molecule has 3 rings (SSSR count). The molecule has 148 valence electrons. The second kappa shape index (κ2) is 9.82. The summed E-state index contributed by atoms with van der Waals surface area (Å²) in [5.74, 6) is -0.258. The molecular weight excluding hydrogens is 352 g/mol. The molecule has 28 heavy (non-hydrogen) atoms. The molecule has 0 saturated heterocycles. The van der Waals surface area contributed by atoms with Crippen molar-refractivity contribution in [3.63, 3.8) is 0 Å². The van der Waals surface area contributed by atoms with Gasteiger partial charge in [-0.1, -0.05) is 76.1 Å². The van der Waals surface area contributed by atoms with Crippen molar-refractivity contribution in [3.8, 4) is 17.2 Å². The Bertz CT molecular complexity index is 812. The van der Waals surface area contributed by atoms with E-state index in [1.54, 1.807) is 6.07 Å². The third-order valence-electron chi connectivity index (χ3n) is 6.24. The molecule has 2 aromatic carbocycles. The predicted octanol–water partition coefficient (Wildman–Crippen LogP) is 7.43. The molecule has 0 radical (unpaired) electrons. The molecule has 0 heterocycles. The molecule has 2 aromatic rings. The molecule has 0 spiro atoms. The van der Waals surface area contributed by atoms with Gasteiger partial charge in [-0.15, -0.1) is 0 Å². The number of aryl methyl sites for hydroxylation is 1. The second-order valence-electron chi connectivity index (χ2n) is 8.17. The Morgan fingerprint density at radius 1 is 0.893 bits per heavy atom. The topological polar surface area (TPSA) is 23.8 Å². The van der Waals surface area contributed by atoms with E-state index >= 15 is 0 Å². The summed E-state index contributed by atoms with van der Waals surface area (Å²) in [6.45, 7) is 2.27. The first-order chi connectivity index (χ1) is 13.6. The average Bonchev–Trinajstić information content (AvgIpc) is 2.74. The van der Waals surface area contributed by atoms with Crippen molar-refractivity contribution in [3.05, 3.63) is 59.2 Å². The van der Waals surface area contributed by atoms with Gasteiger partial charge >= 0.3 is 0 Å². The van der Waals surface area contributed by atoms with Crippen LogP contribution in [0.15, 0.2) is 36.4 Å². The van der Waals surface area contributed by atoms with Crippen molar-refractivity contribution in [1.82, 2.24) is 0 Å². The minimum absolute atomic E-state index is 0.202. The molecule has 1 fully saturated rings. The van der Waals surface area contributed by atoms with Gasteiger partial charge in [-0.05, 0) is 47.9 Å². The van der Waals surface area contributed by atoms with Crippen LogP contribution in [0.4, 0.5) is 8.78 Å². The van der Waals surface area contributed by atoms with Gasteiger partial charge in [0.25, 0.3) is 0 Å². The highest BCUT2D eigenvalue weighted by Gasteiger charge is 2.20. The summed E-state index contributed by atoms with van der Waals surface area (Å²) in [5.41, 5.74) is 1.82. The van der Waals surface area contributed by atoms with Gasteiger partial charge in [-0.3, -0.25) is 0 Å². The fraction of sp³-hybridized carbons (Fsp3) is 0.480. The Morgan fingerprint density at radius 3 is 2.14 bits per heavy atom. The Morgan fingerprint density at radius 2 is 1.54 bits per heavy atom. The first-order valence-corrected chi connectivity index (χ1v) is 10.6. The van der Waals surface area contributed by atoms with Gasteiger partial charge in [0.1, 0.15) is 6.07 Å². The fourth-order valence-corrected chi connectivity index (χ4v) is 4.38. The van der Waals surface area contributed by atoms with Gasteiger partial charge in [0.15, 0.2) is 11.6 Å². The maximum absolute atomic E-state index is 14.2. The summed E-state index contributed by atoms with van der Waals surface area (Å²) >= 11 is 0. The van der Waals surface area contributed by atoms with Crippen LogP contribution >= 0.6 is 0 Å². The summed E-state index contributed by atoms with van der Waals surface area (Å²) in [4.78, 5) is 0. The van der Waals surface area contributed by atoms with Crippen molar-refractivity contribution in [2.45, 2.75) is 64.7 Å².